The number of fused-ring (bicyclic) bond motifs is 8. The normalized spacial score (nSPS) is 56.4. The number of hydrogen-bond donors (Lipinski definition) is 1. The predicted octanol–water partition coefficient (Wildman–Crippen LogP) is 2.22. The van der Waals surface area contributed by atoms with Crippen LogP contribution in [-0.2, 0) is 19.0 Å². The van der Waals surface area contributed by atoms with Gasteiger partial charge in [0.2, 0.25) is 0 Å². The zero-order valence-electron chi connectivity index (χ0n) is 15.6. The zero-order chi connectivity index (χ0) is 17.9. The highest BCUT2D eigenvalue weighted by molar-refractivity contribution is 5.95. The summed E-state index contributed by atoms with van der Waals surface area (Å²) in [6, 6.07) is 0. The van der Waals surface area contributed by atoms with Gasteiger partial charge in [0.15, 0.2) is 11.6 Å². The summed E-state index contributed by atoms with van der Waals surface area (Å²) in [5.74, 6) is -0.224. The second-order valence-electron chi connectivity index (χ2n) is 9.86. The smallest absolute Gasteiger partial charge is 0.200 e. The molecule has 6 aliphatic rings. The van der Waals surface area contributed by atoms with E-state index in [0.717, 1.165) is 25.7 Å². The van der Waals surface area contributed by atoms with Gasteiger partial charge in [0.25, 0.3) is 0 Å². The van der Waals surface area contributed by atoms with E-state index < -0.39 is 11.9 Å². The van der Waals surface area contributed by atoms with Gasteiger partial charge in [0, 0.05) is 11.3 Å². The van der Waals surface area contributed by atoms with Gasteiger partial charge in [-0.2, -0.15) is 0 Å². The van der Waals surface area contributed by atoms with E-state index in [4.69, 9.17) is 14.2 Å². The summed E-state index contributed by atoms with van der Waals surface area (Å²) in [6.45, 7) is 5.60. The minimum Gasteiger partial charge on any atom is -0.387 e. The van der Waals surface area contributed by atoms with Gasteiger partial charge >= 0.3 is 0 Å². The average Bonchev–Trinajstić information content (AvgIpc) is 3.15. The van der Waals surface area contributed by atoms with Crippen LogP contribution in [0.3, 0.4) is 0 Å². The molecular weight excluding hydrogens is 332 g/mol. The molecule has 0 bridgehead atoms. The largest absolute Gasteiger partial charge is 0.387 e. The van der Waals surface area contributed by atoms with Crippen molar-refractivity contribution in [2.45, 2.75) is 70.1 Å². The van der Waals surface area contributed by atoms with Crippen molar-refractivity contribution in [1.82, 2.24) is 0 Å². The molecule has 5 fully saturated rings. The zero-order valence-corrected chi connectivity index (χ0v) is 15.6. The van der Waals surface area contributed by atoms with Crippen LogP contribution in [-0.4, -0.2) is 48.2 Å². The Morgan fingerprint density at radius 1 is 1.12 bits per heavy atom. The Labute approximate surface area is 154 Å². The van der Waals surface area contributed by atoms with Crippen LogP contribution < -0.4 is 0 Å². The number of rotatable bonds is 0. The third-order valence-corrected chi connectivity index (χ3v) is 9.03. The minimum absolute atomic E-state index is 0.0281. The van der Waals surface area contributed by atoms with Crippen LogP contribution >= 0.6 is 0 Å². The molecule has 2 saturated heterocycles. The van der Waals surface area contributed by atoms with E-state index in [9.17, 15) is 9.90 Å². The molecule has 2 heterocycles. The Balaban J connectivity index is 1.44. The summed E-state index contributed by atoms with van der Waals surface area (Å²) in [6.07, 6.45) is 6.58. The second-order valence-corrected chi connectivity index (χ2v) is 9.86. The molecule has 0 unspecified atom stereocenters. The third kappa shape index (κ3) is 1.66. The standard InChI is InChI=1S/C21H28O5/c1-19-5-4-15-18(26-15)13(19)9-14(22)17-11(19)3-6-20(2)12(17)10-16(23)21(20)24-7-8-25-21/h9,11-12,15-18,23H,3-8,10H2,1-2H3/t11-,12-,15+,16+,17+,18-,19+,20-/m0/s1. The molecule has 0 aromatic carbocycles. The average molecular weight is 360 g/mol. The van der Waals surface area contributed by atoms with Crippen LogP contribution in [0.15, 0.2) is 11.6 Å². The summed E-state index contributed by atoms with van der Waals surface area (Å²) in [7, 11) is 0. The van der Waals surface area contributed by atoms with E-state index in [1.807, 2.05) is 6.08 Å². The number of allylic oxidation sites excluding steroid dienone is 1. The van der Waals surface area contributed by atoms with Crippen LogP contribution in [0.2, 0.25) is 0 Å². The molecule has 8 atom stereocenters. The molecule has 6 rings (SSSR count). The number of ketones is 1. The first-order valence-electron chi connectivity index (χ1n) is 10.3. The Bertz CT molecular complexity index is 709. The van der Waals surface area contributed by atoms with Crippen LogP contribution in [0.5, 0.6) is 0 Å². The van der Waals surface area contributed by atoms with E-state index in [0.29, 0.717) is 31.7 Å². The van der Waals surface area contributed by atoms with Crippen molar-refractivity contribution in [3.8, 4) is 0 Å². The molecule has 5 heteroatoms. The molecule has 4 aliphatic carbocycles. The van der Waals surface area contributed by atoms with Gasteiger partial charge in [0.05, 0.1) is 19.3 Å². The lowest BCUT2D eigenvalue weighted by Crippen LogP contribution is -2.58. The molecule has 5 nitrogen and oxygen atoms in total. The Hall–Kier alpha value is -0.750. The van der Waals surface area contributed by atoms with Crippen LogP contribution in [0.1, 0.15) is 46.0 Å². The minimum atomic E-state index is -0.912. The Morgan fingerprint density at radius 3 is 2.65 bits per heavy atom. The molecule has 0 aromatic rings. The predicted molar refractivity (Wildman–Crippen MR) is 92.2 cm³/mol. The van der Waals surface area contributed by atoms with Gasteiger partial charge in [-0.3, -0.25) is 4.79 Å². The van der Waals surface area contributed by atoms with E-state index in [2.05, 4.69) is 13.8 Å². The number of hydrogen-bond acceptors (Lipinski definition) is 5. The SMILES string of the molecule is C[C@]12CC[C@H]3O[C@H]3C1=CC(=O)[C@@H]1[C@@H]2CC[C@@]2(C)[C@H]1C[C@@H](O)C21OCCO1. The summed E-state index contributed by atoms with van der Waals surface area (Å²) >= 11 is 0. The van der Waals surface area contributed by atoms with Gasteiger partial charge in [0.1, 0.15) is 12.2 Å². The maximum atomic E-state index is 13.3. The van der Waals surface area contributed by atoms with E-state index in [1.165, 1.54) is 5.57 Å². The van der Waals surface area contributed by atoms with Gasteiger partial charge in [-0.15, -0.1) is 0 Å². The molecule has 1 N–H and O–H groups in total. The summed E-state index contributed by atoms with van der Waals surface area (Å²) in [4.78, 5) is 13.3. The second kappa shape index (κ2) is 4.80. The molecule has 142 valence electrons. The fraction of sp³-hybridized carbons (Fsp3) is 0.857. The Kier molecular flexibility index (Phi) is 3.00. The van der Waals surface area contributed by atoms with Crippen LogP contribution in [0, 0.1) is 28.6 Å². The molecule has 0 radical (unpaired) electrons. The highest BCUT2D eigenvalue weighted by Gasteiger charge is 2.72. The first kappa shape index (κ1) is 16.2. The van der Waals surface area contributed by atoms with Gasteiger partial charge in [-0.1, -0.05) is 13.8 Å². The summed E-state index contributed by atoms with van der Waals surface area (Å²) in [5, 5.41) is 10.9. The van der Waals surface area contributed by atoms with Crippen LogP contribution in [0.4, 0.5) is 0 Å². The Morgan fingerprint density at radius 2 is 1.88 bits per heavy atom. The molecule has 0 amide bonds. The van der Waals surface area contributed by atoms with Gasteiger partial charge in [-0.05, 0) is 61.0 Å². The first-order chi connectivity index (χ1) is 12.4. The highest BCUT2D eigenvalue weighted by Crippen LogP contribution is 2.69. The number of carbonyl (C=O) groups excluding carboxylic acids is 1. The van der Waals surface area contributed by atoms with Gasteiger partial charge < -0.3 is 19.3 Å². The lowest BCUT2D eigenvalue weighted by atomic mass is 9.47. The number of aliphatic hydroxyl groups excluding tert-OH is 1. The van der Waals surface area contributed by atoms with Crippen molar-refractivity contribution < 1.29 is 24.1 Å². The lowest BCUT2D eigenvalue weighted by molar-refractivity contribution is -0.272. The van der Waals surface area contributed by atoms with Crippen molar-refractivity contribution in [2.24, 2.45) is 28.6 Å². The van der Waals surface area contributed by atoms with Crippen molar-refractivity contribution in [3.63, 3.8) is 0 Å². The topological polar surface area (TPSA) is 68.3 Å². The third-order valence-electron chi connectivity index (χ3n) is 9.03. The molecular formula is C21H28O5. The first-order valence-corrected chi connectivity index (χ1v) is 10.3. The van der Waals surface area contributed by atoms with Crippen molar-refractivity contribution in [1.29, 1.82) is 0 Å². The number of ether oxygens (including phenoxy) is 3. The van der Waals surface area contributed by atoms with Crippen molar-refractivity contribution >= 4 is 5.78 Å². The molecule has 2 aliphatic heterocycles. The quantitative estimate of drug-likeness (QED) is 0.671. The lowest BCUT2D eigenvalue weighted by Gasteiger charge is -2.56. The highest BCUT2D eigenvalue weighted by atomic mass is 16.7. The van der Waals surface area contributed by atoms with Crippen molar-refractivity contribution in [2.75, 3.05) is 13.2 Å². The maximum Gasteiger partial charge on any atom is 0.200 e. The molecule has 26 heavy (non-hydrogen) atoms. The van der Waals surface area contributed by atoms with Crippen molar-refractivity contribution in [3.05, 3.63) is 11.6 Å². The van der Waals surface area contributed by atoms with E-state index in [-0.39, 0.29) is 34.6 Å². The summed E-state index contributed by atoms with van der Waals surface area (Å²) < 4.78 is 17.9. The fourth-order valence-electron chi connectivity index (χ4n) is 7.62. The molecule has 3 saturated carbocycles. The number of epoxide rings is 1. The molecule has 0 aromatic heterocycles. The molecule has 1 spiro atoms. The van der Waals surface area contributed by atoms with Crippen LogP contribution in [0.25, 0.3) is 0 Å². The number of carbonyl (C=O) groups is 1. The maximum absolute atomic E-state index is 13.3. The number of aliphatic hydroxyl groups is 1. The fourth-order valence-corrected chi connectivity index (χ4v) is 7.62. The summed E-state index contributed by atoms with van der Waals surface area (Å²) in [5.41, 5.74) is 1.02. The van der Waals surface area contributed by atoms with E-state index in [1.54, 1.807) is 0 Å². The monoisotopic (exact) mass is 360 g/mol. The van der Waals surface area contributed by atoms with Gasteiger partial charge in [-0.25, -0.2) is 0 Å². The van der Waals surface area contributed by atoms with E-state index >= 15 is 0 Å².